The number of rotatable bonds is 8. The molecule has 2 N–H and O–H groups in total. The van der Waals surface area contributed by atoms with E-state index >= 15 is 0 Å². The number of aliphatic hydroxyl groups is 1. The van der Waals surface area contributed by atoms with E-state index in [1.807, 2.05) is 24.3 Å². The van der Waals surface area contributed by atoms with Gasteiger partial charge in [-0.25, -0.2) is 0 Å². The minimum atomic E-state index is -0.607. The topological polar surface area (TPSA) is 80.4 Å². The molecule has 20 heavy (non-hydrogen) atoms. The fourth-order valence-corrected chi connectivity index (χ4v) is 1.79. The van der Waals surface area contributed by atoms with Crippen LogP contribution >= 0.6 is 11.6 Å². The molecule has 1 heterocycles. The fraction of sp³-hybridized carbons (Fsp3) is 0.385. The van der Waals surface area contributed by atoms with E-state index < -0.39 is 6.10 Å². The summed E-state index contributed by atoms with van der Waals surface area (Å²) in [6, 6.07) is 7.46. The first-order valence-electron chi connectivity index (χ1n) is 6.21. The van der Waals surface area contributed by atoms with Crippen molar-refractivity contribution < 1.29 is 14.4 Å². The molecule has 1 unspecified atom stereocenters. The molecule has 1 aromatic carbocycles. The molecule has 0 bridgehead atoms. The zero-order valence-corrected chi connectivity index (χ0v) is 11.6. The maximum Gasteiger partial charge on any atom is 0.213 e. The molecule has 0 amide bonds. The van der Waals surface area contributed by atoms with Crippen molar-refractivity contribution in [1.29, 1.82) is 0 Å². The van der Waals surface area contributed by atoms with Gasteiger partial charge in [0.1, 0.15) is 0 Å². The van der Waals surface area contributed by atoms with Gasteiger partial charge in [0.2, 0.25) is 6.39 Å². The Labute approximate surface area is 121 Å². The van der Waals surface area contributed by atoms with Crippen molar-refractivity contribution in [3.05, 3.63) is 47.1 Å². The summed E-state index contributed by atoms with van der Waals surface area (Å²) in [6.45, 7) is 1.43. The van der Waals surface area contributed by atoms with Crippen molar-refractivity contribution in [2.24, 2.45) is 0 Å². The quantitative estimate of drug-likeness (QED) is 0.766. The van der Waals surface area contributed by atoms with Crippen LogP contribution in [0.3, 0.4) is 0 Å². The van der Waals surface area contributed by atoms with Crippen LogP contribution in [0.25, 0.3) is 0 Å². The Bertz CT molecular complexity index is 507. The third-order valence-corrected chi connectivity index (χ3v) is 2.96. The second-order valence-corrected chi connectivity index (χ2v) is 4.65. The van der Waals surface area contributed by atoms with E-state index in [-0.39, 0.29) is 6.61 Å². The van der Waals surface area contributed by atoms with Crippen LogP contribution in [0.5, 0.6) is 0 Å². The third kappa shape index (κ3) is 4.90. The zero-order valence-electron chi connectivity index (χ0n) is 10.8. The molecule has 0 spiro atoms. The average molecular weight is 298 g/mol. The SMILES string of the molecule is OC(CNCc1ncon1)COCc1ccccc1Cl. The summed E-state index contributed by atoms with van der Waals surface area (Å²) in [5.74, 6) is 0.550. The van der Waals surface area contributed by atoms with Gasteiger partial charge in [-0.2, -0.15) is 4.98 Å². The van der Waals surface area contributed by atoms with E-state index in [1.165, 1.54) is 6.39 Å². The van der Waals surface area contributed by atoms with Crippen LogP contribution in [0.2, 0.25) is 5.02 Å². The molecule has 7 heteroatoms. The number of benzene rings is 1. The third-order valence-electron chi connectivity index (χ3n) is 2.60. The highest BCUT2D eigenvalue weighted by atomic mass is 35.5. The average Bonchev–Trinajstić information content (AvgIpc) is 2.94. The van der Waals surface area contributed by atoms with E-state index in [1.54, 1.807) is 0 Å². The summed E-state index contributed by atoms with van der Waals surface area (Å²) in [4.78, 5) is 3.86. The van der Waals surface area contributed by atoms with Crippen molar-refractivity contribution in [3.63, 3.8) is 0 Å². The Hall–Kier alpha value is -1.47. The highest BCUT2D eigenvalue weighted by molar-refractivity contribution is 6.31. The lowest BCUT2D eigenvalue weighted by Crippen LogP contribution is -2.30. The predicted molar refractivity (Wildman–Crippen MR) is 73.1 cm³/mol. The van der Waals surface area contributed by atoms with Gasteiger partial charge in [-0.3, -0.25) is 0 Å². The monoisotopic (exact) mass is 297 g/mol. The molecule has 0 aliphatic carbocycles. The van der Waals surface area contributed by atoms with Crippen molar-refractivity contribution >= 4 is 11.6 Å². The number of hydrogen-bond donors (Lipinski definition) is 2. The van der Waals surface area contributed by atoms with E-state index in [2.05, 4.69) is 20.0 Å². The molecule has 0 aliphatic rings. The van der Waals surface area contributed by atoms with Crippen molar-refractivity contribution in [2.45, 2.75) is 19.3 Å². The highest BCUT2D eigenvalue weighted by Crippen LogP contribution is 2.15. The number of ether oxygens (including phenoxy) is 1. The molecule has 2 aromatic rings. The number of aromatic nitrogens is 2. The highest BCUT2D eigenvalue weighted by Gasteiger charge is 2.06. The molecular weight excluding hydrogens is 282 g/mol. The van der Waals surface area contributed by atoms with Crippen molar-refractivity contribution in [1.82, 2.24) is 15.5 Å². The van der Waals surface area contributed by atoms with Crippen LogP contribution < -0.4 is 5.32 Å². The van der Waals surface area contributed by atoms with Gasteiger partial charge in [-0.05, 0) is 11.6 Å². The predicted octanol–water partition coefficient (Wildman–Crippen LogP) is 1.39. The smallest absolute Gasteiger partial charge is 0.213 e. The molecule has 1 aromatic heterocycles. The molecule has 0 aliphatic heterocycles. The Balaban J connectivity index is 1.60. The molecule has 0 saturated heterocycles. The first-order valence-corrected chi connectivity index (χ1v) is 6.58. The number of halogens is 1. The maximum absolute atomic E-state index is 9.74. The fourth-order valence-electron chi connectivity index (χ4n) is 1.60. The summed E-state index contributed by atoms with van der Waals surface area (Å²) < 4.78 is 10.0. The van der Waals surface area contributed by atoms with Crippen molar-refractivity contribution in [2.75, 3.05) is 13.2 Å². The first-order chi connectivity index (χ1) is 9.75. The van der Waals surface area contributed by atoms with E-state index in [0.717, 1.165) is 5.56 Å². The van der Waals surface area contributed by atoms with E-state index in [0.29, 0.717) is 30.5 Å². The number of hydrogen-bond acceptors (Lipinski definition) is 6. The van der Waals surface area contributed by atoms with Crippen LogP contribution in [0.15, 0.2) is 35.2 Å². The Morgan fingerprint density at radius 1 is 1.40 bits per heavy atom. The summed E-state index contributed by atoms with van der Waals surface area (Å²) in [7, 11) is 0. The number of nitrogens with one attached hydrogen (secondary N) is 1. The van der Waals surface area contributed by atoms with Crippen LogP contribution in [-0.2, 0) is 17.9 Å². The van der Waals surface area contributed by atoms with Gasteiger partial charge in [0, 0.05) is 11.6 Å². The van der Waals surface area contributed by atoms with Gasteiger partial charge in [-0.15, -0.1) is 0 Å². The van der Waals surface area contributed by atoms with Gasteiger partial charge in [0.05, 0.1) is 25.9 Å². The normalized spacial score (nSPS) is 12.5. The summed E-state index contributed by atoms with van der Waals surface area (Å²) in [6.07, 6.45) is 0.657. The molecule has 0 radical (unpaired) electrons. The molecule has 0 fully saturated rings. The maximum atomic E-state index is 9.74. The van der Waals surface area contributed by atoms with Gasteiger partial charge >= 0.3 is 0 Å². The minimum absolute atomic E-state index is 0.227. The standard InChI is InChI=1S/C13H16ClN3O3/c14-12-4-2-1-3-10(12)7-19-8-11(18)5-15-6-13-16-9-20-17-13/h1-4,9,11,15,18H,5-8H2. The number of nitrogens with zero attached hydrogens (tertiary/aromatic N) is 2. The Kier molecular flexibility index (Phi) is 5.94. The van der Waals surface area contributed by atoms with Crippen LogP contribution in [0.4, 0.5) is 0 Å². The van der Waals surface area contributed by atoms with Gasteiger partial charge in [0.25, 0.3) is 0 Å². The lowest BCUT2D eigenvalue weighted by molar-refractivity contribution is 0.0287. The van der Waals surface area contributed by atoms with Crippen LogP contribution in [0.1, 0.15) is 11.4 Å². The second kappa shape index (κ2) is 7.96. The van der Waals surface area contributed by atoms with Crippen LogP contribution in [0, 0.1) is 0 Å². The van der Waals surface area contributed by atoms with Crippen LogP contribution in [-0.4, -0.2) is 34.5 Å². The molecule has 2 rings (SSSR count). The molecule has 108 valence electrons. The van der Waals surface area contributed by atoms with Gasteiger partial charge in [0.15, 0.2) is 5.82 Å². The summed E-state index contributed by atoms with van der Waals surface area (Å²) in [5, 5.41) is 17.1. The Morgan fingerprint density at radius 2 is 2.25 bits per heavy atom. The molecule has 1 atom stereocenters. The first kappa shape index (κ1) is 14.9. The lowest BCUT2D eigenvalue weighted by Gasteiger charge is -2.12. The molecular formula is C13H16ClN3O3. The number of aliphatic hydroxyl groups excluding tert-OH is 1. The second-order valence-electron chi connectivity index (χ2n) is 4.24. The van der Waals surface area contributed by atoms with Gasteiger partial charge in [-0.1, -0.05) is 35.0 Å². The van der Waals surface area contributed by atoms with E-state index in [9.17, 15) is 5.11 Å². The summed E-state index contributed by atoms with van der Waals surface area (Å²) in [5.41, 5.74) is 0.904. The van der Waals surface area contributed by atoms with Gasteiger partial charge < -0.3 is 19.7 Å². The summed E-state index contributed by atoms with van der Waals surface area (Å²) >= 11 is 6.00. The van der Waals surface area contributed by atoms with Crippen molar-refractivity contribution in [3.8, 4) is 0 Å². The molecule has 0 saturated carbocycles. The van der Waals surface area contributed by atoms with E-state index in [4.69, 9.17) is 16.3 Å². The Morgan fingerprint density at radius 3 is 3.00 bits per heavy atom. The zero-order chi connectivity index (χ0) is 14.2. The minimum Gasteiger partial charge on any atom is -0.389 e. The largest absolute Gasteiger partial charge is 0.389 e. The lowest BCUT2D eigenvalue weighted by atomic mass is 10.2. The molecule has 6 nitrogen and oxygen atoms in total.